The highest BCUT2D eigenvalue weighted by Crippen LogP contribution is 2.26. The number of anilines is 2. The van der Waals surface area contributed by atoms with Crippen molar-refractivity contribution < 1.29 is 9.53 Å². The van der Waals surface area contributed by atoms with Crippen molar-refractivity contribution in [3.8, 4) is 5.75 Å². The highest BCUT2D eigenvalue weighted by molar-refractivity contribution is 8.93. The van der Waals surface area contributed by atoms with Gasteiger partial charge in [-0.15, -0.1) is 28.7 Å². The summed E-state index contributed by atoms with van der Waals surface area (Å²) < 4.78 is 5.93. The maximum absolute atomic E-state index is 12.5. The molecule has 3 rings (SSSR count). The van der Waals surface area contributed by atoms with Crippen LogP contribution in [-0.4, -0.2) is 23.4 Å². The number of halogens is 1. The van der Waals surface area contributed by atoms with E-state index in [9.17, 15) is 4.79 Å². The van der Waals surface area contributed by atoms with Crippen LogP contribution < -0.4 is 15.4 Å². The number of unbranched alkanes of at least 4 members (excludes halogenated alkanes) is 11. The average molecular weight is 619 g/mol. The largest absolute Gasteiger partial charge is 0.494 e. The van der Waals surface area contributed by atoms with E-state index >= 15 is 0 Å². The third-order valence-electron chi connectivity index (χ3n) is 6.78. The summed E-state index contributed by atoms with van der Waals surface area (Å²) in [6.45, 7) is 6.00. The lowest BCUT2D eigenvalue weighted by Gasteiger charge is -2.15. The molecule has 7 heteroatoms. The maximum Gasteiger partial charge on any atom is 0.323 e. The molecule has 0 bridgehead atoms. The fourth-order valence-electron chi connectivity index (χ4n) is 4.63. The van der Waals surface area contributed by atoms with E-state index < -0.39 is 0 Å². The molecule has 1 aliphatic heterocycles. The van der Waals surface area contributed by atoms with E-state index in [1.165, 1.54) is 81.1 Å². The molecule has 0 aromatic heterocycles. The first kappa shape index (κ1) is 33.1. The van der Waals surface area contributed by atoms with Gasteiger partial charge in [0.15, 0.2) is 0 Å². The van der Waals surface area contributed by atoms with Crippen LogP contribution in [0.1, 0.15) is 96.5 Å². The van der Waals surface area contributed by atoms with Gasteiger partial charge in [-0.1, -0.05) is 95.8 Å². The molecule has 2 aromatic rings. The zero-order chi connectivity index (χ0) is 26.8. The van der Waals surface area contributed by atoms with E-state index in [0.717, 1.165) is 36.0 Å². The highest BCUT2D eigenvalue weighted by Gasteiger charge is 2.10. The fraction of sp³-hybridized carbons (Fsp3) is 0.531. The van der Waals surface area contributed by atoms with Crippen LogP contribution in [0.25, 0.3) is 0 Å². The Hall–Kier alpha value is -2.12. The first-order valence-electron chi connectivity index (χ1n) is 14.6. The van der Waals surface area contributed by atoms with Crippen LogP contribution in [0.3, 0.4) is 0 Å². The van der Waals surface area contributed by atoms with Crippen LogP contribution in [0, 0.1) is 0 Å². The van der Waals surface area contributed by atoms with Gasteiger partial charge < -0.3 is 20.3 Å². The number of amides is 2. The standard InChI is InChI=1S/C32H47N3O2S.BrH/c1-3-4-5-6-7-8-9-10-11-12-13-14-22-37-31-17-15-16-30(23-31)34-32(36)33-29-20-18-28(19-21-29)25-35-24-27(2)38-26-35;/h15-21,23-24H,3-14,22,25-26H2,1-2H3,(H2,33,34,36);1H. The Morgan fingerprint density at radius 2 is 1.46 bits per heavy atom. The summed E-state index contributed by atoms with van der Waals surface area (Å²) in [7, 11) is 0. The van der Waals surface area contributed by atoms with Gasteiger partial charge in [0.1, 0.15) is 5.75 Å². The topological polar surface area (TPSA) is 53.6 Å². The Bertz CT molecular complexity index is 984. The van der Waals surface area contributed by atoms with Crippen LogP contribution in [0.2, 0.25) is 0 Å². The first-order chi connectivity index (χ1) is 18.6. The summed E-state index contributed by atoms with van der Waals surface area (Å²) in [5.41, 5.74) is 2.72. The van der Waals surface area contributed by atoms with Crippen molar-refractivity contribution in [3.63, 3.8) is 0 Å². The molecular weight excluding hydrogens is 570 g/mol. The summed E-state index contributed by atoms with van der Waals surface area (Å²) >= 11 is 1.86. The number of benzene rings is 2. The lowest BCUT2D eigenvalue weighted by atomic mass is 10.1. The minimum atomic E-state index is -0.259. The summed E-state index contributed by atoms with van der Waals surface area (Å²) in [4.78, 5) is 16.1. The number of thioether (sulfide) groups is 1. The van der Waals surface area contributed by atoms with Gasteiger partial charge in [-0.2, -0.15) is 0 Å². The number of carbonyl (C=O) groups is 1. The van der Waals surface area contributed by atoms with E-state index in [-0.39, 0.29) is 23.0 Å². The Morgan fingerprint density at radius 1 is 0.846 bits per heavy atom. The molecule has 0 saturated carbocycles. The molecule has 2 amide bonds. The summed E-state index contributed by atoms with van der Waals surface area (Å²) in [5.74, 6) is 1.79. The molecule has 0 radical (unpaired) electrons. The number of ether oxygens (including phenoxy) is 1. The molecule has 0 spiro atoms. The number of nitrogens with zero attached hydrogens (tertiary/aromatic N) is 1. The quantitative estimate of drug-likeness (QED) is 0.163. The smallest absolute Gasteiger partial charge is 0.323 e. The predicted molar refractivity (Wildman–Crippen MR) is 174 cm³/mol. The van der Waals surface area contributed by atoms with Crippen LogP contribution in [0.4, 0.5) is 16.2 Å². The Morgan fingerprint density at radius 3 is 2.08 bits per heavy atom. The molecule has 2 aromatic carbocycles. The SMILES string of the molecule is Br.CCCCCCCCCCCCCCOc1cccc(NC(=O)Nc2ccc(CN3C=C(C)SC3)cc2)c1. The van der Waals surface area contributed by atoms with E-state index in [2.05, 4.69) is 47.7 Å². The lowest BCUT2D eigenvalue weighted by Crippen LogP contribution is -2.19. The Balaban J connectivity index is 0.00000533. The second kappa shape index (κ2) is 19.9. The zero-order valence-corrected chi connectivity index (χ0v) is 26.4. The minimum Gasteiger partial charge on any atom is -0.494 e. The molecule has 0 fully saturated rings. The summed E-state index contributed by atoms with van der Waals surface area (Å²) in [5, 5.41) is 5.82. The molecule has 0 atom stereocenters. The highest BCUT2D eigenvalue weighted by atomic mass is 79.9. The molecule has 1 heterocycles. The van der Waals surface area contributed by atoms with Crippen molar-refractivity contribution in [3.05, 3.63) is 65.2 Å². The van der Waals surface area contributed by atoms with Crippen molar-refractivity contribution >= 4 is 46.1 Å². The number of hydrogen-bond donors (Lipinski definition) is 2. The lowest BCUT2D eigenvalue weighted by molar-refractivity contribution is 0.262. The summed E-state index contributed by atoms with van der Waals surface area (Å²) in [6.07, 6.45) is 18.2. The van der Waals surface area contributed by atoms with E-state index in [1.807, 2.05) is 48.2 Å². The van der Waals surface area contributed by atoms with Crippen molar-refractivity contribution in [2.75, 3.05) is 23.1 Å². The van der Waals surface area contributed by atoms with Crippen LogP contribution in [0.5, 0.6) is 5.75 Å². The van der Waals surface area contributed by atoms with Gasteiger partial charge in [-0.3, -0.25) is 0 Å². The van der Waals surface area contributed by atoms with Crippen molar-refractivity contribution in [2.24, 2.45) is 0 Å². The van der Waals surface area contributed by atoms with Gasteiger partial charge in [-0.05, 0) is 48.1 Å². The van der Waals surface area contributed by atoms with Crippen LogP contribution in [-0.2, 0) is 6.54 Å². The fourth-order valence-corrected chi connectivity index (χ4v) is 5.38. The number of nitrogens with one attached hydrogen (secondary N) is 2. The van der Waals surface area contributed by atoms with E-state index in [0.29, 0.717) is 6.61 Å². The van der Waals surface area contributed by atoms with Crippen molar-refractivity contribution in [1.29, 1.82) is 0 Å². The normalized spacial score (nSPS) is 12.6. The van der Waals surface area contributed by atoms with Gasteiger partial charge in [-0.25, -0.2) is 4.79 Å². The van der Waals surface area contributed by atoms with Crippen molar-refractivity contribution in [2.45, 2.75) is 97.4 Å². The van der Waals surface area contributed by atoms with Gasteiger partial charge in [0.2, 0.25) is 0 Å². The van der Waals surface area contributed by atoms with Gasteiger partial charge >= 0.3 is 6.03 Å². The third-order valence-corrected chi connectivity index (χ3v) is 7.80. The van der Waals surface area contributed by atoms with E-state index in [1.54, 1.807) is 0 Å². The van der Waals surface area contributed by atoms with E-state index in [4.69, 9.17) is 4.74 Å². The van der Waals surface area contributed by atoms with Crippen LogP contribution in [0.15, 0.2) is 59.6 Å². The maximum atomic E-state index is 12.5. The predicted octanol–water partition coefficient (Wildman–Crippen LogP) is 10.4. The third kappa shape index (κ3) is 14.2. The number of rotatable bonds is 18. The number of allylic oxidation sites excluding steroid dienone is 1. The molecule has 216 valence electrons. The molecule has 0 saturated heterocycles. The molecule has 0 unspecified atom stereocenters. The molecule has 1 aliphatic rings. The zero-order valence-electron chi connectivity index (χ0n) is 23.9. The monoisotopic (exact) mass is 617 g/mol. The molecule has 39 heavy (non-hydrogen) atoms. The van der Waals surface area contributed by atoms with Gasteiger partial charge in [0, 0.05) is 30.2 Å². The first-order valence-corrected chi connectivity index (χ1v) is 15.6. The summed E-state index contributed by atoms with van der Waals surface area (Å²) in [6, 6.07) is 15.4. The van der Waals surface area contributed by atoms with Crippen molar-refractivity contribution in [1.82, 2.24) is 4.90 Å². The van der Waals surface area contributed by atoms with Gasteiger partial charge in [0.25, 0.3) is 0 Å². The number of carbonyl (C=O) groups excluding carboxylic acids is 1. The second-order valence-electron chi connectivity index (χ2n) is 10.3. The Kier molecular flexibility index (Phi) is 16.9. The number of urea groups is 1. The van der Waals surface area contributed by atoms with Crippen LogP contribution >= 0.6 is 28.7 Å². The molecular formula is C32H48BrN3O2S. The second-order valence-corrected chi connectivity index (χ2v) is 11.5. The molecule has 0 aliphatic carbocycles. The number of hydrogen-bond acceptors (Lipinski definition) is 4. The Labute approximate surface area is 251 Å². The molecule has 2 N–H and O–H groups in total. The van der Waals surface area contributed by atoms with Gasteiger partial charge in [0.05, 0.1) is 12.5 Å². The molecule has 5 nitrogen and oxygen atoms in total. The minimum absolute atomic E-state index is 0. The average Bonchev–Trinajstić information content (AvgIpc) is 3.32.